The number of hydrogen-bond donors (Lipinski definition) is 1. The van der Waals surface area contributed by atoms with Crippen molar-refractivity contribution in [1.29, 1.82) is 0 Å². The Bertz CT molecular complexity index is 201. The van der Waals surface area contributed by atoms with Gasteiger partial charge in [-0.2, -0.15) is 0 Å². The Balaban J connectivity index is 0.00000225. The lowest BCUT2D eigenvalue weighted by molar-refractivity contribution is -0.132. The average molecular weight is 249 g/mol. The number of halogens is 1. The van der Waals surface area contributed by atoms with Gasteiger partial charge in [0.2, 0.25) is 5.91 Å². The van der Waals surface area contributed by atoms with Crippen molar-refractivity contribution in [2.75, 3.05) is 19.6 Å². The molecule has 0 aromatic carbocycles. The molecular formula is C12H25ClN2O. The third kappa shape index (κ3) is 4.71. The van der Waals surface area contributed by atoms with Gasteiger partial charge in [-0.3, -0.25) is 4.79 Å². The van der Waals surface area contributed by atoms with Crippen LogP contribution >= 0.6 is 12.4 Å². The van der Waals surface area contributed by atoms with Crippen molar-refractivity contribution in [3.63, 3.8) is 0 Å². The Morgan fingerprint density at radius 2 is 1.94 bits per heavy atom. The standard InChI is InChI=1S/C12H24N2O.ClH/c1-10(2)11-5-8-14(9-6-11)12(15)4-3-7-13;/h10-11H,3-9,13H2,1-2H3;1H. The van der Waals surface area contributed by atoms with E-state index in [9.17, 15) is 4.79 Å². The summed E-state index contributed by atoms with van der Waals surface area (Å²) in [6.45, 7) is 7.07. The summed E-state index contributed by atoms with van der Waals surface area (Å²) in [5.41, 5.74) is 5.40. The predicted octanol–water partition coefficient (Wildman–Crippen LogP) is 2.04. The van der Waals surface area contributed by atoms with Gasteiger partial charge in [0.25, 0.3) is 0 Å². The van der Waals surface area contributed by atoms with Gasteiger partial charge in [-0.05, 0) is 37.6 Å². The van der Waals surface area contributed by atoms with Crippen LogP contribution in [0.25, 0.3) is 0 Å². The molecule has 1 amide bonds. The van der Waals surface area contributed by atoms with Crippen molar-refractivity contribution in [3.8, 4) is 0 Å². The minimum absolute atomic E-state index is 0. The van der Waals surface area contributed by atoms with Gasteiger partial charge in [0, 0.05) is 19.5 Å². The zero-order chi connectivity index (χ0) is 11.3. The Labute approximate surface area is 105 Å². The van der Waals surface area contributed by atoms with Gasteiger partial charge < -0.3 is 10.6 Å². The molecule has 1 aliphatic rings. The van der Waals surface area contributed by atoms with E-state index >= 15 is 0 Å². The highest BCUT2D eigenvalue weighted by atomic mass is 35.5. The highest BCUT2D eigenvalue weighted by molar-refractivity contribution is 5.85. The van der Waals surface area contributed by atoms with Crippen LogP contribution in [0.1, 0.15) is 39.5 Å². The summed E-state index contributed by atoms with van der Waals surface area (Å²) in [6, 6.07) is 0. The van der Waals surface area contributed by atoms with Gasteiger partial charge in [0.1, 0.15) is 0 Å². The van der Waals surface area contributed by atoms with Crippen molar-refractivity contribution in [1.82, 2.24) is 4.90 Å². The number of carbonyl (C=O) groups excluding carboxylic acids is 1. The molecule has 96 valence electrons. The monoisotopic (exact) mass is 248 g/mol. The van der Waals surface area contributed by atoms with E-state index in [1.54, 1.807) is 0 Å². The van der Waals surface area contributed by atoms with Crippen LogP contribution < -0.4 is 5.73 Å². The SMILES string of the molecule is CC(C)C1CCN(C(=O)CCCN)CC1.Cl. The molecule has 0 aromatic rings. The van der Waals surface area contributed by atoms with Gasteiger partial charge in [-0.1, -0.05) is 13.8 Å². The highest BCUT2D eigenvalue weighted by Gasteiger charge is 2.23. The topological polar surface area (TPSA) is 46.3 Å². The molecule has 1 rings (SSSR count). The molecule has 16 heavy (non-hydrogen) atoms. The van der Waals surface area contributed by atoms with Gasteiger partial charge in [0.05, 0.1) is 0 Å². The number of amides is 1. The fraction of sp³-hybridized carbons (Fsp3) is 0.917. The molecule has 0 spiro atoms. The van der Waals surface area contributed by atoms with Crippen LogP contribution in [0, 0.1) is 11.8 Å². The molecule has 4 heteroatoms. The summed E-state index contributed by atoms with van der Waals surface area (Å²) < 4.78 is 0. The predicted molar refractivity (Wildman–Crippen MR) is 69.7 cm³/mol. The quantitative estimate of drug-likeness (QED) is 0.828. The zero-order valence-electron chi connectivity index (χ0n) is 10.4. The first-order chi connectivity index (χ1) is 7.15. The van der Waals surface area contributed by atoms with E-state index in [4.69, 9.17) is 5.73 Å². The molecule has 0 unspecified atom stereocenters. The number of nitrogens with two attached hydrogens (primary N) is 1. The van der Waals surface area contributed by atoms with E-state index in [2.05, 4.69) is 13.8 Å². The second kappa shape index (κ2) is 7.91. The lowest BCUT2D eigenvalue weighted by atomic mass is 9.86. The maximum absolute atomic E-state index is 11.7. The minimum atomic E-state index is 0. The molecule has 1 saturated heterocycles. The minimum Gasteiger partial charge on any atom is -0.343 e. The summed E-state index contributed by atoms with van der Waals surface area (Å²) in [4.78, 5) is 13.7. The number of piperidine rings is 1. The molecule has 0 bridgehead atoms. The normalized spacial score (nSPS) is 17.4. The van der Waals surface area contributed by atoms with E-state index in [-0.39, 0.29) is 12.4 Å². The van der Waals surface area contributed by atoms with E-state index in [1.165, 1.54) is 12.8 Å². The Kier molecular flexibility index (Phi) is 7.77. The maximum atomic E-state index is 11.7. The van der Waals surface area contributed by atoms with Gasteiger partial charge in [-0.25, -0.2) is 0 Å². The van der Waals surface area contributed by atoms with Crippen LogP contribution in [-0.4, -0.2) is 30.4 Å². The second-order valence-corrected chi connectivity index (χ2v) is 4.85. The van der Waals surface area contributed by atoms with Gasteiger partial charge >= 0.3 is 0 Å². The van der Waals surface area contributed by atoms with E-state index in [0.717, 1.165) is 31.3 Å². The van der Waals surface area contributed by atoms with E-state index in [1.807, 2.05) is 4.90 Å². The van der Waals surface area contributed by atoms with Crippen LogP contribution in [0.2, 0.25) is 0 Å². The van der Waals surface area contributed by atoms with Crippen molar-refractivity contribution in [2.45, 2.75) is 39.5 Å². The molecular weight excluding hydrogens is 224 g/mol. The molecule has 1 heterocycles. The lowest BCUT2D eigenvalue weighted by Crippen LogP contribution is -2.39. The number of carbonyl (C=O) groups is 1. The van der Waals surface area contributed by atoms with Gasteiger partial charge in [0.15, 0.2) is 0 Å². The molecule has 1 aliphatic heterocycles. The van der Waals surface area contributed by atoms with Crippen molar-refractivity contribution in [3.05, 3.63) is 0 Å². The second-order valence-electron chi connectivity index (χ2n) is 4.85. The van der Waals surface area contributed by atoms with Crippen LogP contribution in [0.4, 0.5) is 0 Å². The number of hydrogen-bond acceptors (Lipinski definition) is 2. The van der Waals surface area contributed by atoms with Gasteiger partial charge in [-0.15, -0.1) is 12.4 Å². The Morgan fingerprint density at radius 3 is 2.38 bits per heavy atom. The molecule has 0 radical (unpaired) electrons. The fourth-order valence-corrected chi connectivity index (χ4v) is 2.23. The van der Waals surface area contributed by atoms with Crippen molar-refractivity contribution < 1.29 is 4.79 Å². The Hall–Kier alpha value is -0.280. The molecule has 3 nitrogen and oxygen atoms in total. The first-order valence-electron chi connectivity index (χ1n) is 6.13. The van der Waals surface area contributed by atoms with Crippen molar-refractivity contribution >= 4 is 18.3 Å². The van der Waals surface area contributed by atoms with E-state index in [0.29, 0.717) is 18.9 Å². The molecule has 2 N–H and O–H groups in total. The van der Waals surface area contributed by atoms with Crippen LogP contribution in [0.15, 0.2) is 0 Å². The molecule has 0 atom stereocenters. The third-order valence-electron chi connectivity index (χ3n) is 3.43. The van der Waals surface area contributed by atoms with Crippen LogP contribution in [0.3, 0.4) is 0 Å². The van der Waals surface area contributed by atoms with E-state index < -0.39 is 0 Å². The summed E-state index contributed by atoms with van der Waals surface area (Å²) in [6.07, 6.45) is 3.80. The smallest absolute Gasteiger partial charge is 0.222 e. The summed E-state index contributed by atoms with van der Waals surface area (Å²) in [7, 11) is 0. The largest absolute Gasteiger partial charge is 0.343 e. The number of rotatable bonds is 4. The summed E-state index contributed by atoms with van der Waals surface area (Å²) in [5.74, 6) is 1.86. The lowest BCUT2D eigenvalue weighted by Gasteiger charge is -2.34. The highest BCUT2D eigenvalue weighted by Crippen LogP contribution is 2.24. The maximum Gasteiger partial charge on any atom is 0.222 e. The molecule has 0 saturated carbocycles. The molecule has 0 aliphatic carbocycles. The zero-order valence-corrected chi connectivity index (χ0v) is 11.3. The molecule has 0 aromatic heterocycles. The first kappa shape index (κ1) is 15.7. The average Bonchev–Trinajstić information content (AvgIpc) is 2.26. The fourth-order valence-electron chi connectivity index (χ4n) is 2.23. The van der Waals surface area contributed by atoms with Crippen LogP contribution in [0.5, 0.6) is 0 Å². The third-order valence-corrected chi connectivity index (χ3v) is 3.43. The number of nitrogens with zero attached hydrogens (tertiary/aromatic N) is 1. The molecule has 1 fully saturated rings. The Morgan fingerprint density at radius 1 is 1.38 bits per heavy atom. The first-order valence-corrected chi connectivity index (χ1v) is 6.13. The summed E-state index contributed by atoms with van der Waals surface area (Å²) in [5, 5.41) is 0. The summed E-state index contributed by atoms with van der Waals surface area (Å²) >= 11 is 0. The van der Waals surface area contributed by atoms with Crippen LogP contribution in [-0.2, 0) is 4.79 Å². The number of likely N-dealkylation sites (tertiary alicyclic amines) is 1. The van der Waals surface area contributed by atoms with Crippen molar-refractivity contribution in [2.24, 2.45) is 17.6 Å².